The maximum absolute atomic E-state index is 5.86. The summed E-state index contributed by atoms with van der Waals surface area (Å²) in [5.74, 6) is 0.657. The van der Waals surface area contributed by atoms with E-state index in [2.05, 4.69) is 49.9 Å². The molecular weight excluding hydrogens is 208 g/mol. The van der Waals surface area contributed by atoms with E-state index in [0.717, 1.165) is 19.6 Å². The van der Waals surface area contributed by atoms with Crippen LogP contribution in [-0.2, 0) is 0 Å². The second kappa shape index (κ2) is 4.69. The summed E-state index contributed by atoms with van der Waals surface area (Å²) in [7, 11) is 0. The lowest BCUT2D eigenvalue weighted by atomic mass is 9.74. The molecule has 2 nitrogen and oxygen atoms in total. The predicted molar refractivity (Wildman–Crippen MR) is 74.3 cm³/mol. The van der Waals surface area contributed by atoms with E-state index < -0.39 is 0 Å². The van der Waals surface area contributed by atoms with Gasteiger partial charge in [-0.2, -0.15) is 0 Å². The first-order valence-corrected chi connectivity index (χ1v) is 6.54. The van der Waals surface area contributed by atoms with Gasteiger partial charge in [0.1, 0.15) is 0 Å². The Kier molecular flexibility index (Phi) is 3.43. The third-order valence-corrected chi connectivity index (χ3v) is 4.13. The molecule has 1 aliphatic rings. The molecule has 0 aromatic heterocycles. The van der Waals surface area contributed by atoms with Crippen molar-refractivity contribution < 1.29 is 0 Å². The van der Waals surface area contributed by atoms with Crippen LogP contribution in [0.2, 0.25) is 0 Å². The Morgan fingerprint density at radius 3 is 2.47 bits per heavy atom. The molecule has 0 radical (unpaired) electrons. The van der Waals surface area contributed by atoms with E-state index in [1.165, 1.54) is 17.7 Å². The fourth-order valence-electron chi connectivity index (χ4n) is 2.82. The van der Waals surface area contributed by atoms with Gasteiger partial charge in [0.25, 0.3) is 0 Å². The fraction of sp³-hybridized carbons (Fsp3) is 0.600. The Labute approximate surface area is 105 Å². The van der Waals surface area contributed by atoms with Gasteiger partial charge in [0.2, 0.25) is 0 Å². The second-order valence-corrected chi connectivity index (χ2v) is 5.97. The number of nitrogens with zero attached hydrogens (tertiary/aromatic N) is 1. The first-order valence-electron chi connectivity index (χ1n) is 6.54. The first-order chi connectivity index (χ1) is 8.03. The van der Waals surface area contributed by atoms with Crippen molar-refractivity contribution in [3.05, 3.63) is 29.8 Å². The number of hydrogen-bond donors (Lipinski definition) is 1. The zero-order chi connectivity index (χ0) is 12.5. The molecule has 0 amide bonds. The number of benzene rings is 1. The van der Waals surface area contributed by atoms with Gasteiger partial charge in [-0.05, 0) is 43.4 Å². The third kappa shape index (κ3) is 2.63. The van der Waals surface area contributed by atoms with Crippen LogP contribution in [0.15, 0.2) is 24.3 Å². The van der Waals surface area contributed by atoms with E-state index in [-0.39, 0.29) is 0 Å². The van der Waals surface area contributed by atoms with Gasteiger partial charge in [-0.1, -0.05) is 31.5 Å². The van der Waals surface area contributed by atoms with Crippen LogP contribution in [0, 0.1) is 18.3 Å². The van der Waals surface area contributed by atoms with Gasteiger partial charge in [-0.15, -0.1) is 0 Å². The Bertz CT molecular complexity index is 367. The highest BCUT2D eigenvalue weighted by Gasteiger charge is 2.34. The molecule has 1 atom stereocenters. The van der Waals surface area contributed by atoms with Crippen molar-refractivity contribution in [1.82, 2.24) is 0 Å². The molecule has 2 rings (SSSR count). The van der Waals surface area contributed by atoms with Crippen LogP contribution >= 0.6 is 0 Å². The lowest BCUT2D eigenvalue weighted by Gasteiger charge is -2.45. The standard InChI is InChI=1S/C15H24N2/c1-12-4-6-14(7-5-12)17-9-8-13(10-16)15(2,3)11-17/h4-7,13H,8-11,16H2,1-3H3. The molecule has 1 unspecified atom stereocenters. The van der Waals surface area contributed by atoms with Crippen LogP contribution in [0.25, 0.3) is 0 Å². The highest BCUT2D eigenvalue weighted by molar-refractivity contribution is 5.48. The highest BCUT2D eigenvalue weighted by Crippen LogP contribution is 2.36. The van der Waals surface area contributed by atoms with Crippen LogP contribution in [-0.4, -0.2) is 19.6 Å². The molecule has 2 N–H and O–H groups in total. The molecular formula is C15H24N2. The third-order valence-electron chi connectivity index (χ3n) is 4.13. The SMILES string of the molecule is Cc1ccc(N2CCC(CN)C(C)(C)C2)cc1. The average Bonchev–Trinajstić information content (AvgIpc) is 2.28. The molecule has 0 bridgehead atoms. The van der Waals surface area contributed by atoms with Gasteiger partial charge in [0, 0.05) is 18.8 Å². The number of hydrogen-bond acceptors (Lipinski definition) is 2. The smallest absolute Gasteiger partial charge is 0.0366 e. The van der Waals surface area contributed by atoms with Crippen LogP contribution in [0.3, 0.4) is 0 Å². The second-order valence-electron chi connectivity index (χ2n) is 5.97. The van der Waals surface area contributed by atoms with Gasteiger partial charge in [0.15, 0.2) is 0 Å². The van der Waals surface area contributed by atoms with Crippen molar-refractivity contribution in [1.29, 1.82) is 0 Å². The summed E-state index contributed by atoms with van der Waals surface area (Å²) in [4.78, 5) is 2.49. The van der Waals surface area contributed by atoms with E-state index in [1.54, 1.807) is 0 Å². The van der Waals surface area contributed by atoms with Crippen LogP contribution in [0.4, 0.5) is 5.69 Å². The average molecular weight is 232 g/mol. The number of anilines is 1. The van der Waals surface area contributed by atoms with Crippen molar-refractivity contribution in [2.45, 2.75) is 27.2 Å². The quantitative estimate of drug-likeness (QED) is 0.849. The zero-order valence-electron chi connectivity index (χ0n) is 11.2. The lowest BCUT2D eigenvalue weighted by molar-refractivity contribution is 0.182. The minimum atomic E-state index is 0.317. The summed E-state index contributed by atoms with van der Waals surface area (Å²) in [5.41, 5.74) is 8.85. The Morgan fingerprint density at radius 1 is 1.29 bits per heavy atom. The maximum Gasteiger partial charge on any atom is 0.0366 e. The summed E-state index contributed by atoms with van der Waals surface area (Å²) in [5, 5.41) is 0. The molecule has 0 spiro atoms. The molecule has 0 saturated carbocycles. The van der Waals surface area contributed by atoms with Crippen molar-refractivity contribution in [3.8, 4) is 0 Å². The molecule has 1 saturated heterocycles. The maximum atomic E-state index is 5.86. The van der Waals surface area contributed by atoms with Crippen molar-refractivity contribution in [2.75, 3.05) is 24.5 Å². The molecule has 1 fully saturated rings. The van der Waals surface area contributed by atoms with E-state index in [0.29, 0.717) is 11.3 Å². The monoisotopic (exact) mass is 232 g/mol. The van der Waals surface area contributed by atoms with Crippen LogP contribution in [0.1, 0.15) is 25.8 Å². The number of rotatable bonds is 2. The van der Waals surface area contributed by atoms with Gasteiger partial charge in [-0.3, -0.25) is 0 Å². The Balaban J connectivity index is 2.12. The summed E-state index contributed by atoms with van der Waals surface area (Å²) in [6, 6.07) is 8.84. The largest absolute Gasteiger partial charge is 0.371 e. The van der Waals surface area contributed by atoms with Crippen molar-refractivity contribution in [2.24, 2.45) is 17.1 Å². The molecule has 0 aliphatic carbocycles. The van der Waals surface area contributed by atoms with E-state index in [1.807, 2.05) is 0 Å². The van der Waals surface area contributed by atoms with Crippen LogP contribution < -0.4 is 10.6 Å². The summed E-state index contributed by atoms with van der Waals surface area (Å²) in [6.45, 7) is 9.87. The predicted octanol–water partition coefficient (Wildman–Crippen LogP) is 2.81. The first kappa shape index (κ1) is 12.4. The Morgan fingerprint density at radius 2 is 1.94 bits per heavy atom. The lowest BCUT2D eigenvalue weighted by Crippen LogP contribution is -2.48. The fourth-order valence-corrected chi connectivity index (χ4v) is 2.82. The highest BCUT2D eigenvalue weighted by atomic mass is 15.1. The van der Waals surface area contributed by atoms with Crippen molar-refractivity contribution >= 4 is 5.69 Å². The van der Waals surface area contributed by atoms with Gasteiger partial charge in [-0.25, -0.2) is 0 Å². The van der Waals surface area contributed by atoms with E-state index in [4.69, 9.17) is 5.73 Å². The molecule has 1 aliphatic heterocycles. The molecule has 1 aromatic carbocycles. The van der Waals surface area contributed by atoms with Crippen LogP contribution in [0.5, 0.6) is 0 Å². The summed E-state index contributed by atoms with van der Waals surface area (Å²) >= 11 is 0. The Hall–Kier alpha value is -1.02. The van der Waals surface area contributed by atoms with Gasteiger partial charge in [0.05, 0.1) is 0 Å². The summed E-state index contributed by atoms with van der Waals surface area (Å²) < 4.78 is 0. The van der Waals surface area contributed by atoms with Gasteiger partial charge >= 0.3 is 0 Å². The van der Waals surface area contributed by atoms with Crippen molar-refractivity contribution in [3.63, 3.8) is 0 Å². The molecule has 17 heavy (non-hydrogen) atoms. The number of piperidine rings is 1. The topological polar surface area (TPSA) is 29.3 Å². The normalized spacial score (nSPS) is 23.8. The molecule has 2 heteroatoms. The number of nitrogens with two attached hydrogens (primary N) is 1. The van der Waals surface area contributed by atoms with E-state index >= 15 is 0 Å². The summed E-state index contributed by atoms with van der Waals surface area (Å²) in [6.07, 6.45) is 1.21. The number of aryl methyl sites for hydroxylation is 1. The van der Waals surface area contributed by atoms with E-state index in [9.17, 15) is 0 Å². The molecule has 1 heterocycles. The minimum absolute atomic E-state index is 0.317. The zero-order valence-corrected chi connectivity index (χ0v) is 11.2. The molecule has 1 aromatic rings. The molecule has 94 valence electrons. The van der Waals surface area contributed by atoms with Gasteiger partial charge < -0.3 is 10.6 Å². The minimum Gasteiger partial charge on any atom is -0.371 e.